The van der Waals surface area contributed by atoms with Gasteiger partial charge in [0.05, 0.1) is 12.7 Å². The number of halogens is 1. The molecule has 0 amide bonds. The lowest BCUT2D eigenvalue weighted by Crippen LogP contribution is -1.98. The van der Waals surface area contributed by atoms with Gasteiger partial charge in [-0.1, -0.05) is 12.1 Å². The lowest BCUT2D eigenvalue weighted by atomic mass is 10.1. The van der Waals surface area contributed by atoms with Crippen molar-refractivity contribution in [3.63, 3.8) is 0 Å². The zero-order valence-electron chi connectivity index (χ0n) is 10.7. The molecule has 0 saturated carbocycles. The summed E-state index contributed by atoms with van der Waals surface area (Å²) >= 11 is 0. The molecule has 100 valence electrons. The summed E-state index contributed by atoms with van der Waals surface area (Å²) in [7, 11) is 1.54. The third-order valence-electron chi connectivity index (χ3n) is 3.02. The molecule has 3 nitrogen and oxygen atoms in total. The second-order valence-electron chi connectivity index (χ2n) is 4.36. The second kappa shape index (κ2) is 4.81. The number of hydrogen-bond acceptors (Lipinski definition) is 3. The number of allylic oxidation sites excluding steroid dienone is 1. The summed E-state index contributed by atoms with van der Waals surface area (Å²) in [5, 5.41) is 0. The molecule has 1 heterocycles. The van der Waals surface area contributed by atoms with Crippen molar-refractivity contribution < 1.29 is 18.7 Å². The zero-order chi connectivity index (χ0) is 14.1. The molecule has 2 aromatic carbocycles. The van der Waals surface area contributed by atoms with E-state index in [0.29, 0.717) is 22.6 Å². The highest BCUT2D eigenvalue weighted by Gasteiger charge is 2.27. The van der Waals surface area contributed by atoms with E-state index in [1.54, 1.807) is 37.4 Å². The van der Waals surface area contributed by atoms with Gasteiger partial charge in [0.15, 0.2) is 5.76 Å². The van der Waals surface area contributed by atoms with Crippen LogP contribution < -0.4 is 9.47 Å². The predicted octanol–water partition coefficient (Wildman–Crippen LogP) is 3.45. The number of fused-ring (bicyclic) bond motifs is 1. The molecule has 20 heavy (non-hydrogen) atoms. The lowest BCUT2D eigenvalue weighted by Gasteiger charge is -2.01. The molecule has 0 aromatic heterocycles. The van der Waals surface area contributed by atoms with Gasteiger partial charge in [-0.15, -0.1) is 0 Å². The van der Waals surface area contributed by atoms with Gasteiger partial charge in [0.1, 0.15) is 17.3 Å². The zero-order valence-corrected chi connectivity index (χ0v) is 10.7. The van der Waals surface area contributed by atoms with E-state index >= 15 is 0 Å². The Morgan fingerprint density at radius 2 is 2.05 bits per heavy atom. The Hall–Kier alpha value is -2.62. The maximum absolute atomic E-state index is 13.1. The van der Waals surface area contributed by atoms with Crippen LogP contribution in [0.15, 0.2) is 48.2 Å². The van der Waals surface area contributed by atoms with Gasteiger partial charge in [0.2, 0.25) is 5.78 Å². The molecular weight excluding hydrogens is 259 g/mol. The van der Waals surface area contributed by atoms with Crippen molar-refractivity contribution in [2.75, 3.05) is 7.11 Å². The largest absolute Gasteiger partial charge is 0.497 e. The molecule has 0 spiro atoms. The minimum Gasteiger partial charge on any atom is -0.497 e. The van der Waals surface area contributed by atoms with Gasteiger partial charge in [-0.25, -0.2) is 4.39 Å². The number of hydrogen-bond donors (Lipinski definition) is 0. The number of carbonyl (C=O) groups is 1. The molecule has 0 saturated heterocycles. The number of Topliss-reactive ketones (excluding diaryl/α,β-unsaturated/α-hetero) is 1. The average Bonchev–Trinajstić information content (AvgIpc) is 2.75. The number of ketones is 1. The number of ether oxygens (including phenoxy) is 2. The quantitative estimate of drug-likeness (QED) is 0.784. The van der Waals surface area contributed by atoms with Crippen molar-refractivity contribution in [2.24, 2.45) is 0 Å². The first kappa shape index (κ1) is 12.4. The fraction of sp³-hybridized carbons (Fsp3) is 0.0625. The van der Waals surface area contributed by atoms with Crippen molar-refractivity contribution in [1.82, 2.24) is 0 Å². The molecule has 1 aliphatic heterocycles. The molecule has 4 heteroatoms. The van der Waals surface area contributed by atoms with E-state index in [4.69, 9.17) is 9.47 Å². The Balaban J connectivity index is 1.97. The minimum atomic E-state index is -0.357. The second-order valence-corrected chi connectivity index (χ2v) is 4.36. The molecule has 0 fully saturated rings. The normalized spacial score (nSPS) is 15.1. The van der Waals surface area contributed by atoms with Gasteiger partial charge in [-0.05, 0) is 35.9 Å². The van der Waals surface area contributed by atoms with Crippen LogP contribution in [0, 0.1) is 5.82 Å². The van der Waals surface area contributed by atoms with Crippen molar-refractivity contribution in [1.29, 1.82) is 0 Å². The lowest BCUT2D eigenvalue weighted by molar-refractivity contribution is 0.101. The predicted molar refractivity (Wildman–Crippen MR) is 72.3 cm³/mol. The molecular formula is C16H11FO3. The topological polar surface area (TPSA) is 35.5 Å². The van der Waals surface area contributed by atoms with Crippen LogP contribution in [0.3, 0.4) is 0 Å². The SMILES string of the molecule is COc1ccc2c(c1)O/C(=C\c1cccc(F)c1)C2=O. The van der Waals surface area contributed by atoms with E-state index in [1.165, 1.54) is 18.2 Å². The van der Waals surface area contributed by atoms with Gasteiger partial charge < -0.3 is 9.47 Å². The summed E-state index contributed by atoms with van der Waals surface area (Å²) in [5.41, 5.74) is 1.06. The highest BCUT2D eigenvalue weighted by molar-refractivity contribution is 6.14. The van der Waals surface area contributed by atoms with Crippen LogP contribution in [0.2, 0.25) is 0 Å². The molecule has 0 unspecified atom stereocenters. The number of carbonyl (C=O) groups excluding carboxylic acids is 1. The van der Waals surface area contributed by atoms with Gasteiger partial charge in [-0.3, -0.25) is 4.79 Å². The van der Waals surface area contributed by atoms with Gasteiger partial charge in [0.25, 0.3) is 0 Å². The smallest absolute Gasteiger partial charge is 0.231 e. The molecule has 0 aliphatic carbocycles. The van der Waals surface area contributed by atoms with E-state index in [9.17, 15) is 9.18 Å². The molecule has 0 radical (unpaired) electrons. The van der Waals surface area contributed by atoms with E-state index in [1.807, 2.05) is 0 Å². The Morgan fingerprint density at radius 1 is 1.20 bits per heavy atom. The van der Waals surface area contributed by atoms with Crippen LogP contribution in [0.5, 0.6) is 11.5 Å². The fourth-order valence-corrected chi connectivity index (χ4v) is 2.04. The molecule has 0 bridgehead atoms. The third kappa shape index (κ3) is 2.16. The van der Waals surface area contributed by atoms with Crippen molar-refractivity contribution in [2.45, 2.75) is 0 Å². The van der Waals surface area contributed by atoms with E-state index in [-0.39, 0.29) is 17.4 Å². The van der Waals surface area contributed by atoms with Crippen LogP contribution in [0.25, 0.3) is 6.08 Å². The first-order chi connectivity index (χ1) is 9.67. The third-order valence-corrected chi connectivity index (χ3v) is 3.02. The Labute approximate surface area is 115 Å². The van der Waals surface area contributed by atoms with Gasteiger partial charge in [-0.2, -0.15) is 0 Å². The Morgan fingerprint density at radius 3 is 2.80 bits per heavy atom. The molecule has 2 aromatic rings. The van der Waals surface area contributed by atoms with E-state index in [2.05, 4.69) is 0 Å². The van der Waals surface area contributed by atoms with Crippen LogP contribution >= 0.6 is 0 Å². The summed E-state index contributed by atoms with van der Waals surface area (Å²) in [6, 6.07) is 11.0. The highest BCUT2D eigenvalue weighted by Crippen LogP contribution is 2.34. The maximum atomic E-state index is 13.1. The number of benzene rings is 2. The maximum Gasteiger partial charge on any atom is 0.231 e. The van der Waals surface area contributed by atoms with Crippen LogP contribution in [-0.4, -0.2) is 12.9 Å². The Kier molecular flexibility index (Phi) is 2.99. The molecule has 1 aliphatic rings. The first-order valence-electron chi connectivity index (χ1n) is 6.05. The minimum absolute atomic E-state index is 0.179. The van der Waals surface area contributed by atoms with Crippen LogP contribution in [0.1, 0.15) is 15.9 Å². The summed E-state index contributed by atoms with van der Waals surface area (Å²) in [6.07, 6.45) is 1.53. The summed E-state index contributed by atoms with van der Waals surface area (Å²) < 4.78 is 23.7. The summed E-state index contributed by atoms with van der Waals surface area (Å²) in [6.45, 7) is 0. The van der Waals surface area contributed by atoms with Crippen molar-refractivity contribution in [3.8, 4) is 11.5 Å². The summed E-state index contributed by atoms with van der Waals surface area (Å²) in [4.78, 5) is 12.2. The van der Waals surface area contributed by atoms with E-state index < -0.39 is 0 Å². The van der Waals surface area contributed by atoms with Crippen molar-refractivity contribution >= 4 is 11.9 Å². The number of rotatable bonds is 2. The summed E-state index contributed by atoms with van der Waals surface area (Å²) in [5.74, 6) is 0.676. The monoisotopic (exact) mass is 270 g/mol. The highest BCUT2D eigenvalue weighted by atomic mass is 19.1. The fourth-order valence-electron chi connectivity index (χ4n) is 2.04. The van der Waals surface area contributed by atoms with E-state index in [0.717, 1.165) is 0 Å². The van der Waals surface area contributed by atoms with Crippen LogP contribution in [0.4, 0.5) is 4.39 Å². The average molecular weight is 270 g/mol. The standard InChI is InChI=1S/C16H11FO3/c1-19-12-5-6-13-14(9-12)20-15(16(13)18)8-10-3-2-4-11(17)7-10/h2-9H,1H3/b15-8-. The van der Waals surface area contributed by atoms with Gasteiger partial charge >= 0.3 is 0 Å². The number of methoxy groups -OCH3 is 1. The Bertz CT molecular complexity index is 719. The van der Waals surface area contributed by atoms with Crippen LogP contribution in [-0.2, 0) is 0 Å². The van der Waals surface area contributed by atoms with Gasteiger partial charge in [0, 0.05) is 6.07 Å². The van der Waals surface area contributed by atoms with Crippen molar-refractivity contribution in [3.05, 3.63) is 65.2 Å². The molecule has 0 N–H and O–H groups in total. The molecule has 0 atom stereocenters. The first-order valence-corrected chi connectivity index (χ1v) is 6.05. The molecule has 3 rings (SSSR count).